The van der Waals surface area contributed by atoms with Crippen molar-refractivity contribution in [1.82, 2.24) is 5.32 Å². The zero-order chi connectivity index (χ0) is 14.3. The van der Waals surface area contributed by atoms with E-state index in [0.29, 0.717) is 0 Å². The highest BCUT2D eigenvalue weighted by molar-refractivity contribution is 5.27. The predicted octanol–water partition coefficient (Wildman–Crippen LogP) is 4.10. The van der Waals surface area contributed by atoms with Crippen molar-refractivity contribution >= 4 is 0 Å². The molecule has 0 fully saturated rings. The molecular formula is C17H29NO. The van der Waals surface area contributed by atoms with Crippen molar-refractivity contribution in [3.63, 3.8) is 0 Å². The van der Waals surface area contributed by atoms with Gasteiger partial charge in [-0.05, 0) is 44.4 Å². The maximum Gasteiger partial charge on any atom is 0.0816 e. The smallest absolute Gasteiger partial charge is 0.0816 e. The van der Waals surface area contributed by atoms with Gasteiger partial charge in [-0.3, -0.25) is 0 Å². The van der Waals surface area contributed by atoms with Crippen LogP contribution in [-0.4, -0.2) is 19.3 Å². The van der Waals surface area contributed by atoms with Crippen molar-refractivity contribution in [3.05, 3.63) is 35.4 Å². The molecule has 0 amide bonds. The molecule has 1 aromatic rings. The van der Waals surface area contributed by atoms with Crippen LogP contribution in [-0.2, 0) is 11.2 Å². The van der Waals surface area contributed by atoms with Crippen LogP contribution in [0.4, 0.5) is 0 Å². The largest absolute Gasteiger partial charge is 0.377 e. The molecule has 0 saturated carbocycles. The zero-order valence-corrected chi connectivity index (χ0v) is 13.1. The van der Waals surface area contributed by atoms with Gasteiger partial charge in [-0.25, -0.2) is 0 Å². The number of hydrogen-bond acceptors (Lipinski definition) is 2. The molecule has 0 heterocycles. The Kier molecular flexibility index (Phi) is 6.53. The Morgan fingerprint density at radius 1 is 1.11 bits per heavy atom. The Morgan fingerprint density at radius 3 is 2.21 bits per heavy atom. The van der Waals surface area contributed by atoms with Gasteiger partial charge in [-0.1, -0.05) is 44.5 Å². The van der Waals surface area contributed by atoms with Crippen LogP contribution in [0, 0.1) is 0 Å². The fraction of sp³-hybridized carbons (Fsp3) is 0.647. The third kappa shape index (κ3) is 4.63. The summed E-state index contributed by atoms with van der Waals surface area (Å²) in [7, 11) is 1.78. The quantitative estimate of drug-likeness (QED) is 0.762. The van der Waals surface area contributed by atoms with Crippen LogP contribution in [0.3, 0.4) is 0 Å². The molecular weight excluding hydrogens is 234 g/mol. The second-order valence-corrected chi connectivity index (χ2v) is 5.69. The Balaban J connectivity index is 2.90. The van der Waals surface area contributed by atoms with Crippen molar-refractivity contribution in [2.75, 3.05) is 13.7 Å². The molecule has 0 radical (unpaired) electrons. The zero-order valence-electron chi connectivity index (χ0n) is 13.1. The fourth-order valence-corrected chi connectivity index (χ4v) is 2.34. The van der Waals surface area contributed by atoms with E-state index in [-0.39, 0.29) is 11.6 Å². The molecule has 0 aliphatic heterocycles. The average Bonchev–Trinajstić information content (AvgIpc) is 2.41. The van der Waals surface area contributed by atoms with Crippen LogP contribution in [0.15, 0.2) is 24.3 Å². The van der Waals surface area contributed by atoms with Gasteiger partial charge in [0.05, 0.1) is 11.6 Å². The van der Waals surface area contributed by atoms with E-state index in [4.69, 9.17) is 4.74 Å². The van der Waals surface area contributed by atoms with Gasteiger partial charge < -0.3 is 10.1 Å². The first-order valence-corrected chi connectivity index (χ1v) is 7.42. The standard InChI is InChI=1S/C17H29NO/c1-6-8-14-9-11-15(12-10-14)16(18-13-7-2)17(3,4)19-5/h9-12,16,18H,6-8,13H2,1-5H3. The van der Waals surface area contributed by atoms with Gasteiger partial charge in [0.15, 0.2) is 0 Å². The minimum absolute atomic E-state index is 0.207. The summed E-state index contributed by atoms with van der Waals surface area (Å²) < 4.78 is 5.67. The first-order chi connectivity index (χ1) is 9.05. The highest BCUT2D eigenvalue weighted by Crippen LogP contribution is 2.28. The molecule has 0 spiro atoms. The molecule has 1 atom stereocenters. The molecule has 0 aromatic heterocycles. The van der Waals surface area contributed by atoms with Gasteiger partial charge in [0, 0.05) is 7.11 Å². The lowest BCUT2D eigenvalue weighted by atomic mass is 9.90. The summed E-state index contributed by atoms with van der Waals surface area (Å²) in [6, 6.07) is 9.18. The summed E-state index contributed by atoms with van der Waals surface area (Å²) in [6.07, 6.45) is 3.48. The Labute approximate surface area is 118 Å². The highest BCUT2D eigenvalue weighted by atomic mass is 16.5. The van der Waals surface area contributed by atoms with E-state index in [1.54, 1.807) is 7.11 Å². The summed E-state index contributed by atoms with van der Waals surface area (Å²) in [5.74, 6) is 0. The number of benzene rings is 1. The first kappa shape index (κ1) is 16.2. The second kappa shape index (κ2) is 7.66. The number of ether oxygens (including phenoxy) is 1. The molecule has 1 rings (SSSR count). The van der Waals surface area contributed by atoms with Crippen LogP contribution in [0.5, 0.6) is 0 Å². The van der Waals surface area contributed by atoms with Crippen LogP contribution < -0.4 is 5.32 Å². The van der Waals surface area contributed by atoms with Gasteiger partial charge in [0.25, 0.3) is 0 Å². The van der Waals surface area contributed by atoms with Crippen LogP contribution in [0.25, 0.3) is 0 Å². The molecule has 1 N–H and O–H groups in total. The van der Waals surface area contributed by atoms with E-state index in [9.17, 15) is 0 Å². The van der Waals surface area contributed by atoms with Gasteiger partial charge in [-0.15, -0.1) is 0 Å². The van der Waals surface area contributed by atoms with Gasteiger partial charge in [-0.2, -0.15) is 0 Å². The van der Waals surface area contributed by atoms with Crippen molar-refractivity contribution in [1.29, 1.82) is 0 Å². The number of methoxy groups -OCH3 is 1. The summed E-state index contributed by atoms with van der Waals surface area (Å²) in [5.41, 5.74) is 2.51. The molecule has 2 nitrogen and oxygen atoms in total. The molecule has 2 heteroatoms. The van der Waals surface area contributed by atoms with Crippen LogP contribution in [0.2, 0.25) is 0 Å². The number of rotatable bonds is 8. The SMILES string of the molecule is CCCNC(c1ccc(CCC)cc1)C(C)(C)OC. The van der Waals surface area contributed by atoms with Gasteiger partial charge >= 0.3 is 0 Å². The average molecular weight is 263 g/mol. The molecule has 0 bridgehead atoms. The third-order valence-electron chi connectivity index (χ3n) is 3.67. The maximum absolute atomic E-state index is 5.67. The van der Waals surface area contributed by atoms with E-state index in [1.165, 1.54) is 17.5 Å². The Morgan fingerprint density at radius 2 is 1.74 bits per heavy atom. The van der Waals surface area contributed by atoms with Crippen molar-refractivity contribution < 1.29 is 4.74 Å². The summed E-state index contributed by atoms with van der Waals surface area (Å²) in [4.78, 5) is 0. The maximum atomic E-state index is 5.67. The van der Waals surface area contributed by atoms with Crippen LogP contribution >= 0.6 is 0 Å². The van der Waals surface area contributed by atoms with Crippen molar-refractivity contribution in [3.8, 4) is 0 Å². The lowest BCUT2D eigenvalue weighted by Crippen LogP contribution is -2.41. The minimum atomic E-state index is -0.207. The summed E-state index contributed by atoms with van der Waals surface area (Å²) in [6.45, 7) is 9.69. The predicted molar refractivity (Wildman–Crippen MR) is 82.6 cm³/mol. The molecule has 19 heavy (non-hydrogen) atoms. The molecule has 1 aromatic carbocycles. The number of aryl methyl sites for hydroxylation is 1. The normalized spacial score (nSPS) is 13.5. The Hall–Kier alpha value is -0.860. The number of hydrogen-bond donors (Lipinski definition) is 1. The fourth-order valence-electron chi connectivity index (χ4n) is 2.34. The van der Waals surface area contributed by atoms with Gasteiger partial charge in [0.1, 0.15) is 0 Å². The van der Waals surface area contributed by atoms with E-state index in [1.807, 2.05) is 0 Å². The molecule has 1 unspecified atom stereocenters. The summed E-state index contributed by atoms with van der Waals surface area (Å²) in [5, 5.41) is 3.60. The lowest BCUT2D eigenvalue weighted by Gasteiger charge is -2.34. The third-order valence-corrected chi connectivity index (χ3v) is 3.67. The highest BCUT2D eigenvalue weighted by Gasteiger charge is 2.29. The van der Waals surface area contributed by atoms with Crippen molar-refractivity contribution in [2.45, 2.75) is 58.6 Å². The summed E-state index contributed by atoms with van der Waals surface area (Å²) >= 11 is 0. The second-order valence-electron chi connectivity index (χ2n) is 5.69. The topological polar surface area (TPSA) is 21.3 Å². The van der Waals surface area contributed by atoms with Crippen molar-refractivity contribution in [2.24, 2.45) is 0 Å². The van der Waals surface area contributed by atoms with Gasteiger partial charge in [0.2, 0.25) is 0 Å². The first-order valence-electron chi connectivity index (χ1n) is 7.42. The monoisotopic (exact) mass is 263 g/mol. The Bertz CT molecular complexity index is 356. The molecule has 0 aliphatic rings. The molecule has 0 saturated heterocycles. The van der Waals surface area contributed by atoms with E-state index in [0.717, 1.165) is 19.4 Å². The van der Waals surface area contributed by atoms with E-state index >= 15 is 0 Å². The minimum Gasteiger partial charge on any atom is -0.377 e. The molecule has 0 aliphatic carbocycles. The number of nitrogens with one attached hydrogen (secondary N) is 1. The van der Waals surface area contributed by atoms with E-state index in [2.05, 4.69) is 57.3 Å². The lowest BCUT2D eigenvalue weighted by molar-refractivity contribution is -0.0110. The molecule has 108 valence electrons. The van der Waals surface area contributed by atoms with Crippen LogP contribution in [0.1, 0.15) is 57.7 Å². The van der Waals surface area contributed by atoms with E-state index < -0.39 is 0 Å².